The fourth-order valence-corrected chi connectivity index (χ4v) is 3.05. The summed E-state index contributed by atoms with van der Waals surface area (Å²) in [5.74, 6) is 1.26. The van der Waals surface area contributed by atoms with Crippen LogP contribution in [0.5, 0.6) is 0 Å². The van der Waals surface area contributed by atoms with E-state index in [-0.39, 0.29) is 0 Å². The van der Waals surface area contributed by atoms with Crippen LogP contribution < -0.4 is 5.73 Å². The van der Waals surface area contributed by atoms with E-state index in [1.165, 1.54) is 12.8 Å². The average Bonchev–Trinajstić information content (AvgIpc) is 2.67. The van der Waals surface area contributed by atoms with Crippen molar-refractivity contribution in [2.75, 3.05) is 6.61 Å². The quantitative estimate of drug-likeness (QED) is 0.710. The van der Waals surface area contributed by atoms with Crippen molar-refractivity contribution < 1.29 is 9.53 Å². The van der Waals surface area contributed by atoms with Gasteiger partial charge in [-0.3, -0.25) is 0 Å². The minimum atomic E-state index is -0.643. The highest BCUT2D eigenvalue weighted by atomic mass is 16.5. The highest BCUT2D eigenvalue weighted by molar-refractivity contribution is 5.64. The van der Waals surface area contributed by atoms with E-state index < -0.39 is 6.09 Å². The second kappa shape index (κ2) is 3.87. The molecule has 0 bridgehead atoms. The van der Waals surface area contributed by atoms with Gasteiger partial charge in [0.25, 0.3) is 0 Å². The number of allylic oxidation sites excluding steroid dienone is 2. The molecule has 0 aromatic carbocycles. The Morgan fingerprint density at radius 1 is 1.53 bits per heavy atom. The first kappa shape index (κ1) is 10.5. The lowest BCUT2D eigenvalue weighted by Crippen LogP contribution is -2.16. The average molecular weight is 209 g/mol. The van der Waals surface area contributed by atoms with Gasteiger partial charge in [0, 0.05) is 5.92 Å². The maximum absolute atomic E-state index is 10.6. The number of nitrogens with two attached hydrogens (primary N) is 1. The molecule has 2 aliphatic carbocycles. The molecule has 2 aliphatic rings. The molecule has 1 saturated carbocycles. The van der Waals surface area contributed by atoms with E-state index in [9.17, 15) is 4.79 Å². The van der Waals surface area contributed by atoms with Gasteiger partial charge in [-0.25, -0.2) is 4.79 Å². The summed E-state index contributed by atoms with van der Waals surface area (Å²) in [7, 11) is 0. The minimum Gasteiger partial charge on any atom is -0.449 e. The Balaban J connectivity index is 1.91. The molecule has 3 atom stereocenters. The van der Waals surface area contributed by atoms with Crippen LogP contribution >= 0.6 is 0 Å². The van der Waals surface area contributed by atoms with E-state index >= 15 is 0 Å². The van der Waals surface area contributed by atoms with Gasteiger partial charge in [0.05, 0.1) is 6.61 Å². The molecule has 3 unspecified atom stereocenters. The molecule has 0 spiro atoms. The van der Waals surface area contributed by atoms with Crippen molar-refractivity contribution >= 4 is 6.09 Å². The van der Waals surface area contributed by atoms with Crippen LogP contribution in [0.1, 0.15) is 32.6 Å². The molecule has 2 N–H and O–H groups in total. The molecule has 1 amide bonds. The first-order chi connectivity index (χ1) is 7.14. The van der Waals surface area contributed by atoms with Gasteiger partial charge in [-0.15, -0.1) is 0 Å². The van der Waals surface area contributed by atoms with Gasteiger partial charge in [0.2, 0.25) is 0 Å². The van der Waals surface area contributed by atoms with Crippen LogP contribution in [0.25, 0.3) is 0 Å². The molecule has 0 radical (unpaired) electrons. The van der Waals surface area contributed by atoms with Crippen molar-refractivity contribution in [1.82, 2.24) is 0 Å². The van der Waals surface area contributed by atoms with Gasteiger partial charge in [-0.2, -0.15) is 0 Å². The Kier molecular flexibility index (Phi) is 2.72. The lowest BCUT2D eigenvalue weighted by molar-refractivity contribution is 0.144. The zero-order valence-electron chi connectivity index (χ0n) is 9.24. The van der Waals surface area contributed by atoms with Crippen molar-refractivity contribution in [1.29, 1.82) is 0 Å². The van der Waals surface area contributed by atoms with Gasteiger partial charge in [-0.1, -0.05) is 19.1 Å². The Hall–Kier alpha value is -0.990. The highest BCUT2D eigenvalue weighted by Crippen LogP contribution is 2.63. The van der Waals surface area contributed by atoms with Gasteiger partial charge < -0.3 is 10.5 Å². The van der Waals surface area contributed by atoms with Crippen molar-refractivity contribution in [3.8, 4) is 0 Å². The fourth-order valence-electron chi connectivity index (χ4n) is 3.05. The lowest BCUT2D eigenvalue weighted by Gasteiger charge is -2.11. The normalized spacial score (nSPS) is 38.7. The molecule has 2 rings (SSSR count). The number of carbonyl (C=O) groups excluding carboxylic acids is 1. The topological polar surface area (TPSA) is 52.3 Å². The second-order valence-corrected chi connectivity index (χ2v) is 4.94. The molecular weight excluding hydrogens is 190 g/mol. The van der Waals surface area contributed by atoms with Crippen LogP contribution in [0.3, 0.4) is 0 Å². The van der Waals surface area contributed by atoms with Gasteiger partial charge in [0.15, 0.2) is 0 Å². The highest BCUT2D eigenvalue weighted by Gasteiger charge is 2.59. The van der Waals surface area contributed by atoms with Crippen LogP contribution in [0.15, 0.2) is 12.2 Å². The van der Waals surface area contributed by atoms with E-state index in [2.05, 4.69) is 19.1 Å². The van der Waals surface area contributed by atoms with E-state index in [1.54, 1.807) is 0 Å². The smallest absolute Gasteiger partial charge is 0.404 e. The van der Waals surface area contributed by atoms with Gasteiger partial charge in [0.1, 0.15) is 0 Å². The molecule has 0 saturated heterocycles. The number of carbonyl (C=O) groups is 1. The third-order valence-corrected chi connectivity index (χ3v) is 4.14. The summed E-state index contributed by atoms with van der Waals surface area (Å²) in [5, 5.41) is 0. The maximum atomic E-state index is 10.6. The summed E-state index contributed by atoms with van der Waals surface area (Å²) in [4.78, 5) is 10.6. The van der Waals surface area contributed by atoms with E-state index in [4.69, 9.17) is 10.5 Å². The first-order valence-electron chi connectivity index (χ1n) is 5.72. The summed E-state index contributed by atoms with van der Waals surface area (Å²) in [6.07, 6.45) is 8.64. The van der Waals surface area contributed by atoms with Crippen LogP contribution in [0.2, 0.25) is 0 Å². The first-order valence-corrected chi connectivity index (χ1v) is 5.72. The molecule has 15 heavy (non-hydrogen) atoms. The molecule has 0 aromatic rings. The Labute approximate surface area is 90.7 Å². The predicted octanol–water partition coefficient (Wildman–Crippen LogP) is 2.46. The Morgan fingerprint density at radius 2 is 2.27 bits per heavy atom. The van der Waals surface area contributed by atoms with Crippen molar-refractivity contribution in [2.45, 2.75) is 32.6 Å². The van der Waals surface area contributed by atoms with Crippen LogP contribution in [0.4, 0.5) is 4.79 Å². The molecule has 0 aliphatic heterocycles. The van der Waals surface area contributed by atoms with Crippen LogP contribution in [-0.4, -0.2) is 12.7 Å². The van der Waals surface area contributed by atoms with E-state index in [0.29, 0.717) is 17.9 Å². The molecule has 0 aromatic heterocycles. The van der Waals surface area contributed by atoms with E-state index in [0.717, 1.165) is 18.8 Å². The molecule has 3 heteroatoms. The summed E-state index contributed by atoms with van der Waals surface area (Å²) in [6, 6.07) is 0. The standard InChI is InChI=1S/C12H19NO2/c1-12-7-5-3-2-4-6-9(12)10(12)8-15-11(13)14/h2-3,9-10H,4-8H2,1H3,(H2,13,14). The Bertz CT molecular complexity index is 287. The third-order valence-electron chi connectivity index (χ3n) is 4.14. The Morgan fingerprint density at radius 3 is 3.00 bits per heavy atom. The SMILES string of the molecule is CC12CCC=CCCC1C2COC(N)=O. The number of ether oxygens (including phenoxy) is 1. The summed E-state index contributed by atoms with van der Waals surface area (Å²) in [6.45, 7) is 2.82. The number of primary amides is 1. The van der Waals surface area contributed by atoms with Crippen molar-refractivity contribution in [3.05, 3.63) is 12.2 Å². The molecule has 3 nitrogen and oxygen atoms in total. The van der Waals surface area contributed by atoms with Crippen LogP contribution in [-0.2, 0) is 4.74 Å². The molecule has 1 fully saturated rings. The zero-order chi connectivity index (χ0) is 10.9. The largest absolute Gasteiger partial charge is 0.449 e. The third kappa shape index (κ3) is 2.01. The van der Waals surface area contributed by atoms with Gasteiger partial charge in [-0.05, 0) is 37.0 Å². The number of rotatable bonds is 2. The van der Waals surface area contributed by atoms with E-state index in [1.807, 2.05) is 0 Å². The summed E-state index contributed by atoms with van der Waals surface area (Å²) >= 11 is 0. The fraction of sp³-hybridized carbons (Fsp3) is 0.750. The van der Waals surface area contributed by atoms with Crippen LogP contribution in [0, 0.1) is 17.3 Å². The number of amides is 1. The monoisotopic (exact) mass is 209 g/mol. The maximum Gasteiger partial charge on any atom is 0.404 e. The number of fused-ring (bicyclic) bond motifs is 1. The van der Waals surface area contributed by atoms with Crippen molar-refractivity contribution in [2.24, 2.45) is 23.0 Å². The zero-order valence-corrected chi connectivity index (χ0v) is 9.24. The number of hydrogen-bond acceptors (Lipinski definition) is 2. The van der Waals surface area contributed by atoms with Gasteiger partial charge >= 0.3 is 6.09 Å². The predicted molar refractivity (Wildman–Crippen MR) is 58.2 cm³/mol. The summed E-state index contributed by atoms with van der Waals surface area (Å²) in [5.41, 5.74) is 5.38. The number of hydrogen-bond donors (Lipinski definition) is 1. The lowest BCUT2D eigenvalue weighted by atomic mass is 9.94. The second-order valence-electron chi connectivity index (χ2n) is 4.94. The summed E-state index contributed by atoms with van der Waals surface area (Å²) < 4.78 is 4.92. The molecular formula is C12H19NO2. The molecule has 0 heterocycles. The minimum absolute atomic E-state index is 0.389. The van der Waals surface area contributed by atoms with Crippen molar-refractivity contribution in [3.63, 3.8) is 0 Å². The molecule has 84 valence electrons.